The van der Waals surface area contributed by atoms with Crippen LogP contribution in [0.15, 0.2) is 30.3 Å². The number of hydrogen-bond donors (Lipinski definition) is 1. The summed E-state index contributed by atoms with van der Waals surface area (Å²) in [4.78, 5) is 0. The Morgan fingerprint density at radius 3 is 1.91 bits per heavy atom. The van der Waals surface area contributed by atoms with E-state index >= 15 is 0 Å². The molecular weight excluding hydrogens is 134 g/mol. The molecule has 0 radical (unpaired) electrons. The molecule has 0 aliphatic carbocycles. The molecule has 0 fully saturated rings. The van der Waals surface area contributed by atoms with E-state index in [4.69, 9.17) is 5.41 Å². The summed E-state index contributed by atoms with van der Waals surface area (Å²) in [7, 11) is 0. The highest BCUT2D eigenvalue weighted by Crippen LogP contribution is 1.91. The molecule has 0 spiro atoms. The van der Waals surface area contributed by atoms with E-state index in [1.165, 1.54) is 12.6 Å². The quantitative estimate of drug-likeness (QED) is 0.593. The second kappa shape index (κ2) is 7.00. The van der Waals surface area contributed by atoms with Gasteiger partial charge < -0.3 is 5.41 Å². The van der Waals surface area contributed by atoms with Crippen LogP contribution in [0.2, 0.25) is 0 Å². The molecule has 0 bridgehead atoms. The van der Waals surface area contributed by atoms with Gasteiger partial charge in [0.15, 0.2) is 0 Å². The van der Waals surface area contributed by atoms with Crippen molar-refractivity contribution in [2.24, 2.45) is 0 Å². The van der Waals surface area contributed by atoms with Crippen molar-refractivity contribution >= 4 is 6.21 Å². The zero-order chi connectivity index (χ0) is 8.53. The Bertz CT molecular complexity index is 179. The van der Waals surface area contributed by atoms with Gasteiger partial charge in [-0.1, -0.05) is 50.6 Å². The lowest BCUT2D eigenvalue weighted by Crippen LogP contribution is -1.73. The summed E-state index contributed by atoms with van der Waals surface area (Å²) in [6.07, 6.45) is 2.58. The largest absolute Gasteiger partial charge is 0.308 e. The Morgan fingerprint density at radius 1 is 1.18 bits per heavy atom. The summed E-state index contributed by atoms with van der Waals surface area (Å²) >= 11 is 0. The molecule has 1 nitrogen and oxygen atoms in total. The van der Waals surface area contributed by atoms with E-state index in [0.717, 1.165) is 5.56 Å². The molecule has 1 heteroatoms. The minimum atomic E-state index is 0.951. The van der Waals surface area contributed by atoms with Crippen molar-refractivity contribution in [3.8, 4) is 0 Å². The normalized spacial score (nSPS) is 7.82. The van der Waals surface area contributed by atoms with Gasteiger partial charge in [-0.3, -0.25) is 0 Å². The molecule has 0 atom stereocenters. The lowest BCUT2D eigenvalue weighted by atomic mass is 10.2. The molecule has 1 aromatic carbocycles. The summed E-state index contributed by atoms with van der Waals surface area (Å²) in [6, 6.07) is 9.56. The van der Waals surface area contributed by atoms with Crippen molar-refractivity contribution in [1.82, 2.24) is 0 Å². The van der Waals surface area contributed by atoms with Gasteiger partial charge in [-0.05, 0) is 5.56 Å². The highest BCUT2D eigenvalue weighted by molar-refractivity contribution is 5.76. The van der Waals surface area contributed by atoms with Gasteiger partial charge in [0.05, 0.1) is 0 Å². The standard InChI is InChI=1S/C7H7N.C3H8/c8-6-7-4-2-1-3-5-7;1-3-2/h1-6,8H;3H2,1-2H3. The van der Waals surface area contributed by atoms with Crippen LogP contribution in [0.25, 0.3) is 0 Å². The van der Waals surface area contributed by atoms with Crippen LogP contribution in [0.4, 0.5) is 0 Å². The first-order valence-corrected chi connectivity index (χ1v) is 3.90. The topological polar surface area (TPSA) is 23.9 Å². The first-order chi connectivity index (χ1) is 5.35. The van der Waals surface area contributed by atoms with Crippen LogP contribution in [0, 0.1) is 5.41 Å². The molecule has 0 amide bonds. The van der Waals surface area contributed by atoms with Crippen molar-refractivity contribution in [3.05, 3.63) is 35.9 Å². The fraction of sp³-hybridized carbons (Fsp3) is 0.300. The fourth-order valence-electron chi connectivity index (χ4n) is 0.549. The lowest BCUT2D eigenvalue weighted by molar-refractivity contribution is 1.09. The van der Waals surface area contributed by atoms with Crippen LogP contribution in [-0.4, -0.2) is 6.21 Å². The second-order valence-electron chi connectivity index (χ2n) is 2.26. The summed E-state index contributed by atoms with van der Waals surface area (Å²) in [5.41, 5.74) is 0.951. The maximum atomic E-state index is 6.82. The molecule has 1 N–H and O–H groups in total. The average molecular weight is 149 g/mol. The van der Waals surface area contributed by atoms with Gasteiger partial charge in [0, 0.05) is 6.21 Å². The van der Waals surface area contributed by atoms with Gasteiger partial charge in [0.2, 0.25) is 0 Å². The number of rotatable bonds is 1. The summed E-state index contributed by atoms with van der Waals surface area (Å²) < 4.78 is 0. The van der Waals surface area contributed by atoms with E-state index in [-0.39, 0.29) is 0 Å². The molecule has 0 saturated carbocycles. The Morgan fingerprint density at radius 2 is 1.64 bits per heavy atom. The first kappa shape index (κ1) is 9.89. The van der Waals surface area contributed by atoms with Gasteiger partial charge in [0.1, 0.15) is 0 Å². The Labute approximate surface area is 68.6 Å². The van der Waals surface area contributed by atoms with Gasteiger partial charge in [-0.25, -0.2) is 0 Å². The second-order valence-corrected chi connectivity index (χ2v) is 2.26. The minimum absolute atomic E-state index is 0.951. The third kappa shape index (κ3) is 5.34. The SMILES string of the molecule is CCC.N=Cc1ccccc1. The van der Waals surface area contributed by atoms with Crippen LogP contribution in [0.5, 0.6) is 0 Å². The van der Waals surface area contributed by atoms with E-state index in [0.29, 0.717) is 0 Å². The molecular formula is C10H15N. The molecule has 1 aromatic rings. The van der Waals surface area contributed by atoms with Crippen molar-refractivity contribution < 1.29 is 0 Å². The van der Waals surface area contributed by atoms with Gasteiger partial charge >= 0.3 is 0 Å². The predicted octanol–water partition coefficient (Wildman–Crippen LogP) is 3.10. The third-order valence-corrected chi connectivity index (χ3v) is 0.966. The minimum Gasteiger partial charge on any atom is -0.308 e. The monoisotopic (exact) mass is 149 g/mol. The molecule has 0 heterocycles. The Kier molecular flexibility index (Phi) is 6.30. The number of hydrogen-bond acceptors (Lipinski definition) is 1. The Hall–Kier alpha value is -1.11. The summed E-state index contributed by atoms with van der Waals surface area (Å²) in [5.74, 6) is 0. The van der Waals surface area contributed by atoms with Crippen LogP contribution >= 0.6 is 0 Å². The number of benzene rings is 1. The molecule has 0 saturated heterocycles. The van der Waals surface area contributed by atoms with E-state index in [1.807, 2.05) is 30.3 Å². The van der Waals surface area contributed by atoms with E-state index in [2.05, 4.69) is 13.8 Å². The fourth-order valence-corrected chi connectivity index (χ4v) is 0.549. The predicted molar refractivity (Wildman–Crippen MR) is 50.3 cm³/mol. The molecule has 0 aliphatic rings. The number of nitrogens with one attached hydrogen (secondary N) is 1. The lowest BCUT2D eigenvalue weighted by Gasteiger charge is -1.84. The van der Waals surface area contributed by atoms with Crippen molar-refractivity contribution in [2.75, 3.05) is 0 Å². The maximum absolute atomic E-state index is 6.82. The van der Waals surface area contributed by atoms with E-state index in [1.54, 1.807) is 0 Å². The molecule has 0 unspecified atom stereocenters. The first-order valence-electron chi connectivity index (χ1n) is 3.90. The summed E-state index contributed by atoms with van der Waals surface area (Å²) in [6.45, 7) is 4.25. The average Bonchev–Trinajstić information content (AvgIpc) is 2.08. The molecule has 11 heavy (non-hydrogen) atoms. The molecule has 0 aromatic heterocycles. The van der Waals surface area contributed by atoms with Crippen LogP contribution in [0.3, 0.4) is 0 Å². The highest BCUT2D eigenvalue weighted by atomic mass is 14.3. The maximum Gasteiger partial charge on any atom is 0.0250 e. The van der Waals surface area contributed by atoms with Gasteiger partial charge in [-0.15, -0.1) is 0 Å². The smallest absolute Gasteiger partial charge is 0.0250 e. The van der Waals surface area contributed by atoms with Crippen molar-refractivity contribution in [3.63, 3.8) is 0 Å². The molecule has 0 aliphatic heterocycles. The molecule has 60 valence electrons. The van der Waals surface area contributed by atoms with Crippen molar-refractivity contribution in [2.45, 2.75) is 20.3 Å². The third-order valence-electron chi connectivity index (χ3n) is 0.966. The Balaban J connectivity index is 0.000000292. The van der Waals surface area contributed by atoms with E-state index < -0.39 is 0 Å². The molecule has 1 rings (SSSR count). The summed E-state index contributed by atoms with van der Waals surface area (Å²) in [5, 5.41) is 6.82. The van der Waals surface area contributed by atoms with Gasteiger partial charge in [0.25, 0.3) is 0 Å². The van der Waals surface area contributed by atoms with E-state index in [9.17, 15) is 0 Å². The highest BCUT2D eigenvalue weighted by Gasteiger charge is 1.77. The zero-order valence-corrected chi connectivity index (χ0v) is 7.17. The van der Waals surface area contributed by atoms with Crippen LogP contribution in [0.1, 0.15) is 25.8 Å². The zero-order valence-electron chi connectivity index (χ0n) is 7.17. The van der Waals surface area contributed by atoms with Crippen LogP contribution in [-0.2, 0) is 0 Å². The van der Waals surface area contributed by atoms with Crippen molar-refractivity contribution in [1.29, 1.82) is 5.41 Å². The van der Waals surface area contributed by atoms with Crippen LogP contribution < -0.4 is 0 Å². The van der Waals surface area contributed by atoms with Gasteiger partial charge in [-0.2, -0.15) is 0 Å².